The molecule has 33 heavy (non-hydrogen) atoms. The Labute approximate surface area is 195 Å². The Kier molecular flexibility index (Phi) is 6.74. The number of carbonyl (C=O) groups excluding carboxylic acids is 1. The van der Waals surface area contributed by atoms with Crippen molar-refractivity contribution in [3.63, 3.8) is 0 Å². The van der Waals surface area contributed by atoms with Gasteiger partial charge in [0.1, 0.15) is 5.52 Å². The number of aliphatic hydroxyl groups excluding tert-OH is 1. The normalized spacial score (nSPS) is 20.4. The summed E-state index contributed by atoms with van der Waals surface area (Å²) in [6.07, 6.45) is 6.47. The van der Waals surface area contributed by atoms with Crippen LogP contribution in [0.25, 0.3) is 11.1 Å². The number of benzene rings is 2. The molecule has 5 rings (SSSR count). The molecule has 3 heterocycles. The van der Waals surface area contributed by atoms with Gasteiger partial charge >= 0.3 is 0 Å². The van der Waals surface area contributed by atoms with Crippen molar-refractivity contribution in [1.29, 1.82) is 0 Å². The SMILES string of the molecule is O=C(c1ccc2oc(CCCc3ccccc3)nc2c1)N1CCC(N2CCC[C@@H](O)C2)CC1. The number of aromatic nitrogens is 1. The Morgan fingerprint density at radius 1 is 1.03 bits per heavy atom. The number of β-amino-alcohol motifs (C(OH)–C–C–N with tert-alkyl or cyclic N) is 1. The molecule has 2 aromatic carbocycles. The predicted molar refractivity (Wildman–Crippen MR) is 128 cm³/mol. The van der Waals surface area contributed by atoms with Crippen molar-refractivity contribution in [1.82, 2.24) is 14.8 Å². The van der Waals surface area contributed by atoms with E-state index in [4.69, 9.17) is 4.42 Å². The number of likely N-dealkylation sites (tertiary alicyclic amines) is 2. The fourth-order valence-electron chi connectivity index (χ4n) is 5.24. The number of carbonyl (C=O) groups is 1. The van der Waals surface area contributed by atoms with E-state index in [1.54, 1.807) is 0 Å². The van der Waals surface area contributed by atoms with E-state index in [0.717, 1.165) is 88.1 Å². The summed E-state index contributed by atoms with van der Waals surface area (Å²) < 4.78 is 5.91. The minimum Gasteiger partial charge on any atom is -0.441 e. The molecule has 6 heteroatoms. The Balaban J connectivity index is 1.17. The number of hydrogen-bond donors (Lipinski definition) is 1. The molecular formula is C27H33N3O3. The fraction of sp³-hybridized carbons (Fsp3) is 0.481. The van der Waals surface area contributed by atoms with E-state index < -0.39 is 0 Å². The Bertz CT molecular complexity index is 1070. The highest BCUT2D eigenvalue weighted by Crippen LogP contribution is 2.24. The third-order valence-electron chi connectivity index (χ3n) is 7.07. The van der Waals surface area contributed by atoms with Crippen LogP contribution in [0, 0.1) is 0 Å². The van der Waals surface area contributed by atoms with Gasteiger partial charge in [0.05, 0.1) is 6.10 Å². The lowest BCUT2D eigenvalue weighted by atomic mass is 9.98. The number of amides is 1. The van der Waals surface area contributed by atoms with Crippen LogP contribution >= 0.6 is 0 Å². The standard InChI is InChI=1S/C27H33N3O3/c31-23-9-5-15-30(19-23)22-13-16-29(17-14-22)27(32)21-11-12-25-24(18-21)28-26(33-25)10-4-8-20-6-2-1-3-7-20/h1-3,6-7,11-12,18,22-23,31H,4-5,8-10,13-17,19H2/t23-/m1/s1. The molecule has 0 spiro atoms. The lowest BCUT2D eigenvalue weighted by molar-refractivity contribution is 0.0241. The highest BCUT2D eigenvalue weighted by atomic mass is 16.3. The van der Waals surface area contributed by atoms with Crippen LogP contribution in [0.3, 0.4) is 0 Å². The summed E-state index contributed by atoms with van der Waals surface area (Å²) in [4.78, 5) is 22.1. The summed E-state index contributed by atoms with van der Waals surface area (Å²) in [6, 6.07) is 16.5. The van der Waals surface area contributed by atoms with Gasteiger partial charge in [0.25, 0.3) is 5.91 Å². The monoisotopic (exact) mass is 447 g/mol. The van der Waals surface area contributed by atoms with E-state index in [-0.39, 0.29) is 12.0 Å². The third-order valence-corrected chi connectivity index (χ3v) is 7.07. The highest BCUT2D eigenvalue weighted by Gasteiger charge is 2.30. The molecule has 174 valence electrons. The average Bonchev–Trinajstić information content (AvgIpc) is 3.26. The van der Waals surface area contributed by atoms with Crippen LogP contribution in [0.1, 0.15) is 53.9 Å². The van der Waals surface area contributed by atoms with Crippen molar-refractivity contribution in [3.05, 3.63) is 65.5 Å². The molecule has 0 saturated carbocycles. The van der Waals surface area contributed by atoms with Crippen LogP contribution in [-0.4, -0.2) is 64.1 Å². The summed E-state index contributed by atoms with van der Waals surface area (Å²) in [5.41, 5.74) is 3.50. The topological polar surface area (TPSA) is 69.8 Å². The number of aliphatic hydroxyl groups is 1. The number of aryl methyl sites for hydroxylation is 2. The van der Waals surface area contributed by atoms with Crippen LogP contribution in [0.4, 0.5) is 0 Å². The smallest absolute Gasteiger partial charge is 0.253 e. The molecule has 0 radical (unpaired) electrons. The van der Waals surface area contributed by atoms with E-state index in [1.807, 2.05) is 29.2 Å². The van der Waals surface area contributed by atoms with Gasteiger partial charge in [0.2, 0.25) is 0 Å². The first-order chi connectivity index (χ1) is 16.2. The first-order valence-electron chi connectivity index (χ1n) is 12.3. The van der Waals surface area contributed by atoms with E-state index in [2.05, 4.69) is 34.1 Å². The van der Waals surface area contributed by atoms with Gasteiger partial charge in [-0.1, -0.05) is 30.3 Å². The molecule has 3 aromatic rings. The van der Waals surface area contributed by atoms with Gasteiger partial charge in [-0.25, -0.2) is 4.98 Å². The first kappa shape index (κ1) is 22.1. The van der Waals surface area contributed by atoms with Crippen molar-refractivity contribution in [3.8, 4) is 0 Å². The molecule has 1 aromatic heterocycles. The van der Waals surface area contributed by atoms with Gasteiger partial charge in [-0.3, -0.25) is 9.69 Å². The molecule has 2 aliphatic heterocycles. The lowest BCUT2D eigenvalue weighted by Crippen LogP contribution is -2.50. The van der Waals surface area contributed by atoms with Gasteiger partial charge < -0.3 is 14.4 Å². The molecule has 1 amide bonds. The number of fused-ring (bicyclic) bond motifs is 1. The molecule has 0 unspecified atom stereocenters. The van der Waals surface area contributed by atoms with Crippen LogP contribution in [0.2, 0.25) is 0 Å². The molecule has 2 aliphatic rings. The summed E-state index contributed by atoms with van der Waals surface area (Å²) in [5.74, 6) is 0.803. The summed E-state index contributed by atoms with van der Waals surface area (Å²) in [7, 11) is 0. The Hall–Kier alpha value is -2.70. The van der Waals surface area contributed by atoms with Gasteiger partial charge in [0.15, 0.2) is 11.5 Å². The van der Waals surface area contributed by atoms with Gasteiger partial charge in [-0.15, -0.1) is 0 Å². The van der Waals surface area contributed by atoms with Crippen molar-refractivity contribution >= 4 is 17.0 Å². The van der Waals surface area contributed by atoms with Gasteiger partial charge in [-0.05, 0) is 68.8 Å². The summed E-state index contributed by atoms with van der Waals surface area (Å²) in [5, 5.41) is 9.97. The van der Waals surface area contributed by atoms with E-state index in [0.29, 0.717) is 11.6 Å². The molecule has 2 saturated heterocycles. The lowest BCUT2D eigenvalue weighted by Gasteiger charge is -2.41. The number of hydrogen-bond acceptors (Lipinski definition) is 5. The second-order valence-electron chi connectivity index (χ2n) is 9.44. The average molecular weight is 448 g/mol. The minimum atomic E-state index is -0.198. The number of piperidine rings is 2. The van der Waals surface area contributed by atoms with Gasteiger partial charge in [0, 0.05) is 37.7 Å². The molecule has 0 aliphatic carbocycles. The summed E-state index contributed by atoms with van der Waals surface area (Å²) in [6.45, 7) is 3.36. The molecule has 2 fully saturated rings. The maximum Gasteiger partial charge on any atom is 0.253 e. The van der Waals surface area contributed by atoms with E-state index >= 15 is 0 Å². The maximum absolute atomic E-state index is 13.1. The number of rotatable bonds is 6. The zero-order valence-corrected chi connectivity index (χ0v) is 19.2. The highest BCUT2D eigenvalue weighted by molar-refractivity contribution is 5.97. The zero-order chi connectivity index (χ0) is 22.6. The molecular weight excluding hydrogens is 414 g/mol. The molecule has 1 N–H and O–H groups in total. The quantitative estimate of drug-likeness (QED) is 0.617. The van der Waals surface area contributed by atoms with Crippen LogP contribution in [-0.2, 0) is 12.8 Å². The van der Waals surface area contributed by atoms with Crippen molar-refractivity contribution < 1.29 is 14.3 Å². The summed E-state index contributed by atoms with van der Waals surface area (Å²) >= 11 is 0. The largest absolute Gasteiger partial charge is 0.441 e. The van der Waals surface area contributed by atoms with Crippen molar-refractivity contribution in [2.45, 2.75) is 57.1 Å². The minimum absolute atomic E-state index is 0.0719. The Morgan fingerprint density at radius 3 is 2.64 bits per heavy atom. The predicted octanol–water partition coefficient (Wildman–Crippen LogP) is 4.06. The van der Waals surface area contributed by atoms with Crippen LogP contribution < -0.4 is 0 Å². The van der Waals surface area contributed by atoms with E-state index in [9.17, 15) is 9.90 Å². The molecule has 6 nitrogen and oxygen atoms in total. The van der Waals surface area contributed by atoms with Gasteiger partial charge in [-0.2, -0.15) is 0 Å². The number of oxazole rings is 1. The van der Waals surface area contributed by atoms with Crippen LogP contribution in [0.15, 0.2) is 52.9 Å². The van der Waals surface area contributed by atoms with Crippen molar-refractivity contribution in [2.75, 3.05) is 26.2 Å². The van der Waals surface area contributed by atoms with Crippen LogP contribution in [0.5, 0.6) is 0 Å². The molecule has 1 atom stereocenters. The second-order valence-corrected chi connectivity index (χ2v) is 9.44. The first-order valence-corrected chi connectivity index (χ1v) is 12.3. The second kappa shape index (κ2) is 10.1. The number of nitrogens with zero attached hydrogens (tertiary/aromatic N) is 3. The van der Waals surface area contributed by atoms with Crippen molar-refractivity contribution in [2.24, 2.45) is 0 Å². The third kappa shape index (κ3) is 5.28. The fourth-order valence-corrected chi connectivity index (χ4v) is 5.24. The zero-order valence-electron chi connectivity index (χ0n) is 19.2. The maximum atomic E-state index is 13.1. The Morgan fingerprint density at radius 2 is 1.85 bits per heavy atom. The molecule has 0 bridgehead atoms. The van der Waals surface area contributed by atoms with E-state index in [1.165, 1.54) is 5.56 Å².